The predicted octanol–water partition coefficient (Wildman–Crippen LogP) is 3.76. The number of carbonyl (C=O) groups excluding carboxylic acids is 1. The van der Waals surface area contributed by atoms with E-state index in [4.69, 9.17) is 9.47 Å². The zero-order chi connectivity index (χ0) is 21.6. The molecule has 1 aliphatic rings. The van der Waals surface area contributed by atoms with Crippen molar-refractivity contribution in [2.45, 2.75) is 25.8 Å². The van der Waals surface area contributed by atoms with E-state index >= 15 is 0 Å². The number of methoxy groups -OCH3 is 2. The molecule has 0 unspecified atom stereocenters. The van der Waals surface area contributed by atoms with Crippen LogP contribution >= 0.6 is 0 Å². The zero-order valence-corrected chi connectivity index (χ0v) is 18.3. The van der Waals surface area contributed by atoms with Crippen molar-refractivity contribution in [3.8, 4) is 11.5 Å². The zero-order valence-electron chi connectivity index (χ0n) is 18.3. The van der Waals surface area contributed by atoms with Crippen LogP contribution in [0.25, 0.3) is 10.9 Å². The third-order valence-electron chi connectivity index (χ3n) is 6.21. The maximum atomic E-state index is 12.7. The molecule has 0 radical (unpaired) electrons. The Morgan fingerprint density at radius 1 is 1.06 bits per heavy atom. The number of benzene rings is 2. The number of para-hydroxylation sites is 2. The molecule has 0 aliphatic carbocycles. The topological polar surface area (TPSA) is 66.6 Å². The van der Waals surface area contributed by atoms with Gasteiger partial charge in [0.05, 0.1) is 14.2 Å². The number of piperidine rings is 1. The molecule has 164 valence electrons. The number of nitrogens with zero attached hydrogens (tertiary/aromatic N) is 1. The molecule has 2 N–H and O–H groups in total. The molecule has 1 saturated heterocycles. The van der Waals surface area contributed by atoms with E-state index in [2.05, 4.69) is 33.4 Å². The second-order valence-electron chi connectivity index (χ2n) is 8.10. The molecule has 1 fully saturated rings. The highest BCUT2D eigenvalue weighted by Gasteiger charge is 2.25. The number of nitrogens with one attached hydrogen (secondary N) is 2. The van der Waals surface area contributed by atoms with Gasteiger partial charge in [-0.15, -0.1) is 0 Å². The molecule has 0 spiro atoms. The van der Waals surface area contributed by atoms with Crippen LogP contribution in [0.4, 0.5) is 0 Å². The van der Waals surface area contributed by atoms with Gasteiger partial charge >= 0.3 is 0 Å². The molecule has 6 heteroatoms. The van der Waals surface area contributed by atoms with E-state index < -0.39 is 0 Å². The lowest BCUT2D eigenvalue weighted by Crippen LogP contribution is -2.40. The van der Waals surface area contributed by atoms with Crippen LogP contribution in [0.1, 0.15) is 24.0 Å². The molecule has 2 heterocycles. The molecule has 1 amide bonds. The fraction of sp³-hybridized carbons (Fsp3) is 0.400. The summed E-state index contributed by atoms with van der Waals surface area (Å²) in [6.45, 7) is 3.28. The molecule has 0 bridgehead atoms. The fourth-order valence-electron chi connectivity index (χ4n) is 4.48. The number of H-pyrrole nitrogens is 1. The summed E-state index contributed by atoms with van der Waals surface area (Å²) in [6, 6.07) is 14.3. The van der Waals surface area contributed by atoms with Crippen molar-refractivity contribution in [3.63, 3.8) is 0 Å². The minimum absolute atomic E-state index is 0.0893. The van der Waals surface area contributed by atoms with E-state index in [-0.39, 0.29) is 11.8 Å². The number of hydrogen-bond acceptors (Lipinski definition) is 4. The fourth-order valence-corrected chi connectivity index (χ4v) is 4.48. The Hall–Kier alpha value is -2.99. The highest BCUT2D eigenvalue weighted by molar-refractivity contribution is 5.83. The van der Waals surface area contributed by atoms with Crippen LogP contribution in [0.15, 0.2) is 48.7 Å². The molecule has 4 rings (SSSR count). The van der Waals surface area contributed by atoms with E-state index in [1.807, 2.05) is 30.5 Å². The van der Waals surface area contributed by atoms with Crippen molar-refractivity contribution < 1.29 is 14.3 Å². The Labute approximate surface area is 183 Å². The molecule has 2 aromatic carbocycles. The number of amides is 1. The van der Waals surface area contributed by atoms with Gasteiger partial charge in [0.2, 0.25) is 5.91 Å². The van der Waals surface area contributed by atoms with E-state index in [9.17, 15) is 4.79 Å². The number of likely N-dealkylation sites (tertiary alicyclic amines) is 1. The first-order chi connectivity index (χ1) is 15.2. The second kappa shape index (κ2) is 9.88. The molecular weight excluding hydrogens is 390 g/mol. The van der Waals surface area contributed by atoms with Crippen molar-refractivity contribution in [2.24, 2.45) is 5.92 Å². The van der Waals surface area contributed by atoms with Gasteiger partial charge in [0, 0.05) is 41.7 Å². The van der Waals surface area contributed by atoms with Crippen LogP contribution in [0.3, 0.4) is 0 Å². The van der Waals surface area contributed by atoms with Crippen LogP contribution < -0.4 is 14.8 Å². The summed E-state index contributed by atoms with van der Waals surface area (Å²) in [6.07, 6.45) is 4.64. The second-order valence-corrected chi connectivity index (χ2v) is 8.10. The number of fused-ring (bicyclic) bond motifs is 1. The number of rotatable bonds is 8. The smallest absolute Gasteiger partial charge is 0.223 e. The van der Waals surface area contributed by atoms with Crippen LogP contribution in [-0.2, 0) is 17.8 Å². The Kier molecular flexibility index (Phi) is 6.77. The van der Waals surface area contributed by atoms with Crippen molar-refractivity contribution >= 4 is 16.8 Å². The van der Waals surface area contributed by atoms with Crippen LogP contribution in [0.2, 0.25) is 0 Å². The lowest BCUT2D eigenvalue weighted by molar-refractivity contribution is -0.126. The lowest BCUT2D eigenvalue weighted by atomic mass is 9.95. The quantitative estimate of drug-likeness (QED) is 0.581. The number of ether oxygens (including phenoxy) is 2. The Morgan fingerprint density at radius 3 is 2.65 bits per heavy atom. The average molecular weight is 422 g/mol. The molecule has 6 nitrogen and oxygen atoms in total. The standard InChI is InChI=1S/C25H31N3O3/c1-30-23-9-5-6-20(24(23)31-2)17-28-14-11-18(12-15-28)25(29)26-13-10-19-16-27-22-8-4-3-7-21(19)22/h3-9,16,18,27H,10-15,17H2,1-2H3,(H,26,29). The number of aromatic amines is 1. The molecular formula is C25H31N3O3. The van der Waals surface area contributed by atoms with Gasteiger partial charge < -0.3 is 19.8 Å². The SMILES string of the molecule is COc1cccc(CN2CCC(C(=O)NCCc3c[nH]c4ccccc34)CC2)c1OC. The summed E-state index contributed by atoms with van der Waals surface area (Å²) in [5, 5.41) is 4.38. The van der Waals surface area contributed by atoms with Crippen LogP contribution in [0, 0.1) is 5.92 Å². The summed E-state index contributed by atoms with van der Waals surface area (Å²) < 4.78 is 11.0. The summed E-state index contributed by atoms with van der Waals surface area (Å²) in [5.41, 5.74) is 3.50. The minimum Gasteiger partial charge on any atom is -0.493 e. The van der Waals surface area contributed by atoms with Crippen LogP contribution in [-0.4, -0.2) is 49.6 Å². The van der Waals surface area contributed by atoms with Crippen molar-refractivity contribution in [1.29, 1.82) is 0 Å². The highest BCUT2D eigenvalue weighted by atomic mass is 16.5. The van der Waals surface area contributed by atoms with Gasteiger partial charge in [-0.05, 0) is 50.0 Å². The molecule has 1 aliphatic heterocycles. The van der Waals surface area contributed by atoms with Crippen molar-refractivity contribution in [2.75, 3.05) is 33.9 Å². The Balaban J connectivity index is 1.25. The first-order valence-electron chi connectivity index (χ1n) is 10.9. The van der Waals surface area contributed by atoms with Gasteiger partial charge in [-0.2, -0.15) is 0 Å². The number of aromatic nitrogens is 1. The number of hydrogen-bond donors (Lipinski definition) is 2. The molecule has 0 atom stereocenters. The third-order valence-corrected chi connectivity index (χ3v) is 6.21. The maximum absolute atomic E-state index is 12.7. The molecule has 0 saturated carbocycles. The molecule has 1 aromatic heterocycles. The Morgan fingerprint density at radius 2 is 1.87 bits per heavy atom. The summed E-state index contributed by atoms with van der Waals surface area (Å²) >= 11 is 0. The van der Waals surface area contributed by atoms with E-state index in [0.29, 0.717) is 6.54 Å². The number of carbonyl (C=O) groups is 1. The Bertz CT molecular complexity index is 1020. The van der Waals surface area contributed by atoms with Gasteiger partial charge in [-0.1, -0.05) is 30.3 Å². The maximum Gasteiger partial charge on any atom is 0.223 e. The van der Waals surface area contributed by atoms with Gasteiger partial charge in [-0.3, -0.25) is 9.69 Å². The minimum atomic E-state index is 0.0893. The van der Waals surface area contributed by atoms with E-state index in [1.165, 1.54) is 10.9 Å². The van der Waals surface area contributed by atoms with E-state index in [1.54, 1.807) is 14.2 Å². The molecule has 31 heavy (non-hydrogen) atoms. The first kappa shape index (κ1) is 21.2. The van der Waals surface area contributed by atoms with Crippen molar-refractivity contribution in [3.05, 3.63) is 59.8 Å². The van der Waals surface area contributed by atoms with E-state index in [0.717, 1.165) is 61.5 Å². The third kappa shape index (κ3) is 4.85. The van der Waals surface area contributed by atoms with Crippen LogP contribution in [0.5, 0.6) is 11.5 Å². The normalized spacial score (nSPS) is 15.2. The molecule has 3 aromatic rings. The van der Waals surface area contributed by atoms with Crippen molar-refractivity contribution in [1.82, 2.24) is 15.2 Å². The summed E-state index contributed by atoms with van der Waals surface area (Å²) in [5.74, 6) is 1.82. The highest BCUT2D eigenvalue weighted by Crippen LogP contribution is 2.32. The van der Waals surface area contributed by atoms with Gasteiger partial charge in [0.1, 0.15) is 0 Å². The lowest BCUT2D eigenvalue weighted by Gasteiger charge is -2.31. The van der Waals surface area contributed by atoms with Gasteiger partial charge in [-0.25, -0.2) is 0 Å². The predicted molar refractivity (Wildman–Crippen MR) is 123 cm³/mol. The largest absolute Gasteiger partial charge is 0.493 e. The summed E-state index contributed by atoms with van der Waals surface area (Å²) in [7, 11) is 3.33. The first-order valence-corrected chi connectivity index (χ1v) is 10.9. The van der Waals surface area contributed by atoms with Gasteiger partial charge in [0.15, 0.2) is 11.5 Å². The monoisotopic (exact) mass is 421 g/mol. The average Bonchev–Trinajstić information content (AvgIpc) is 3.22. The van der Waals surface area contributed by atoms with Gasteiger partial charge in [0.25, 0.3) is 0 Å². The summed E-state index contributed by atoms with van der Waals surface area (Å²) in [4.78, 5) is 18.3.